The van der Waals surface area contributed by atoms with Crippen molar-refractivity contribution in [1.29, 1.82) is 0 Å². The first kappa shape index (κ1) is 36.6. The molecule has 0 bridgehead atoms. The molecule has 0 saturated carbocycles. The zero-order valence-corrected chi connectivity index (χ0v) is 26.4. The Morgan fingerprint density at radius 2 is 1.22 bits per heavy atom. The highest BCUT2D eigenvalue weighted by Gasteiger charge is 2.31. The van der Waals surface area contributed by atoms with E-state index in [0.717, 1.165) is 11.1 Å². The minimum atomic E-state index is -1.21. The molecular formula is C33H46N4O8. The number of rotatable bonds is 18. The highest BCUT2D eigenvalue weighted by atomic mass is 16.6. The Kier molecular flexibility index (Phi) is 16.0. The molecule has 0 aliphatic rings. The maximum Gasteiger partial charge on any atom is 0.408 e. The van der Waals surface area contributed by atoms with Crippen LogP contribution >= 0.6 is 0 Å². The fourth-order valence-electron chi connectivity index (χ4n) is 4.36. The van der Waals surface area contributed by atoms with Crippen LogP contribution in [-0.4, -0.2) is 59.7 Å². The Balaban J connectivity index is 1.86. The standard InChI is InChI=1S/C33H46N4O8/c1-22(2)19-27(36-30(39)28(23(3)4)37-33(43)45-21-25-15-9-6-10-16-25)29(38)35-26(31(40)41)17-11-12-18-34-32(42)44-20-24-13-7-5-8-14-24/h5-10,13-16,22-23,26-28H,11-12,17-21H2,1-4H3,(H,34,42)(H,35,38)(H,36,39)(H,37,43)(H,40,41)/t26-,27-,28+/m0/s1. The van der Waals surface area contributed by atoms with Gasteiger partial charge in [-0.3, -0.25) is 9.59 Å². The van der Waals surface area contributed by atoms with Crippen LogP contribution in [0, 0.1) is 11.8 Å². The molecule has 246 valence electrons. The fourth-order valence-corrected chi connectivity index (χ4v) is 4.36. The molecule has 0 aliphatic carbocycles. The molecule has 2 aromatic rings. The first-order valence-electron chi connectivity index (χ1n) is 15.2. The Morgan fingerprint density at radius 3 is 1.73 bits per heavy atom. The Bertz CT molecular complexity index is 1220. The molecule has 45 heavy (non-hydrogen) atoms. The minimum absolute atomic E-state index is 0.00153. The fraction of sp³-hybridized carbons (Fsp3) is 0.485. The van der Waals surface area contributed by atoms with Crippen molar-refractivity contribution in [3.05, 3.63) is 71.8 Å². The number of ether oxygens (including phenoxy) is 2. The molecule has 0 saturated heterocycles. The van der Waals surface area contributed by atoms with Crippen molar-refractivity contribution in [2.45, 2.75) is 84.7 Å². The van der Waals surface area contributed by atoms with Crippen LogP contribution in [0.25, 0.3) is 0 Å². The van der Waals surface area contributed by atoms with Crippen LogP contribution in [0.2, 0.25) is 0 Å². The summed E-state index contributed by atoms with van der Waals surface area (Å²) in [5.74, 6) is -2.76. The third-order valence-corrected chi connectivity index (χ3v) is 6.79. The molecule has 0 aromatic heterocycles. The lowest BCUT2D eigenvalue weighted by Crippen LogP contribution is -2.57. The van der Waals surface area contributed by atoms with Gasteiger partial charge in [-0.1, -0.05) is 88.4 Å². The average molecular weight is 627 g/mol. The van der Waals surface area contributed by atoms with Crippen molar-refractivity contribution in [3.8, 4) is 0 Å². The molecule has 3 atom stereocenters. The van der Waals surface area contributed by atoms with Gasteiger partial charge in [0.25, 0.3) is 0 Å². The maximum atomic E-state index is 13.2. The maximum absolute atomic E-state index is 13.2. The second kappa shape index (κ2) is 19.6. The molecule has 4 amide bonds. The smallest absolute Gasteiger partial charge is 0.408 e. The number of carbonyl (C=O) groups is 5. The van der Waals surface area contributed by atoms with Crippen LogP contribution in [0.5, 0.6) is 0 Å². The summed E-state index contributed by atoms with van der Waals surface area (Å²) in [6, 6.07) is 15.1. The lowest BCUT2D eigenvalue weighted by molar-refractivity contribution is -0.142. The molecule has 0 radical (unpaired) electrons. The summed E-state index contributed by atoms with van der Waals surface area (Å²) < 4.78 is 10.4. The van der Waals surface area contributed by atoms with E-state index in [1.807, 2.05) is 62.4 Å². The summed E-state index contributed by atoms with van der Waals surface area (Å²) in [7, 11) is 0. The summed E-state index contributed by atoms with van der Waals surface area (Å²) in [4.78, 5) is 62.7. The van der Waals surface area contributed by atoms with Gasteiger partial charge in [0, 0.05) is 6.54 Å². The Morgan fingerprint density at radius 1 is 0.689 bits per heavy atom. The van der Waals surface area contributed by atoms with Gasteiger partial charge in [0.05, 0.1) is 0 Å². The number of benzene rings is 2. The van der Waals surface area contributed by atoms with Crippen molar-refractivity contribution in [1.82, 2.24) is 21.3 Å². The van der Waals surface area contributed by atoms with Crippen molar-refractivity contribution in [2.24, 2.45) is 11.8 Å². The van der Waals surface area contributed by atoms with Crippen LogP contribution in [0.3, 0.4) is 0 Å². The molecular weight excluding hydrogens is 580 g/mol. The molecule has 12 nitrogen and oxygen atoms in total. The van der Waals surface area contributed by atoms with E-state index in [2.05, 4.69) is 21.3 Å². The van der Waals surface area contributed by atoms with Crippen LogP contribution in [0.4, 0.5) is 9.59 Å². The van der Waals surface area contributed by atoms with E-state index in [-0.39, 0.29) is 44.4 Å². The quantitative estimate of drug-likeness (QED) is 0.154. The second-order valence-electron chi connectivity index (χ2n) is 11.5. The van der Waals surface area contributed by atoms with Crippen LogP contribution in [0.1, 0.15) is 64.5 Å². The van der Waals surface area contributed by atoms with Gasteiger partial charge >= 0.3 is 18.2 Å². The summed E-state index contributed by atoms with van der Waals surface area (Å²) in [6.07, 6.45) is -0.110. The van der Waals surface area contributed by atoms with Gasteiger partial charge in [0.15, 0.2) is 0 Å². The van der Waals surface area contributed by atoms with E-state index in [0.29, 0.717) is 12.8 Å². The number of aliphatic carboxylic acids is 1. The van der Waals surface area contributed by atoms with Crippen molar-refractivity contribution in [2.75, 3.05) is 6.54 Å². The van der Waals surface area contributed by atoms with Gasteiger partial charge in [-0.2, -0.15) is 0 Å². The molecule has 0 heterocycles. The number of carboxylic acid groups (broad SMARTS) is 1. The highest BCUT2D eigenvalue weighted by Crippen LogP contribution is 2.10. The topological polar surface area (TPSA) is 172 Å². The zero-order valence-electron chi connectivity index (χ0n) is 26.4. The van der Waals surface area contributed by atoms with Gasteiger partial charge in [0.2, 0.25) is 11.8 Å². The third-order valence-electron chi connectivity index (χ3n) is 6.79. The lowest BCUT2D eigenvalue weighted by atomic mass is 9.99. The number of carboxylic acids is 1. The molecule has 5 N–H and O–H groups in total. The first-order valence-corrected chi connectivity index (χ1v) is 15.2. The summed E-state index contributed by atoms with van der Waals surface area (Å²) in [5.41, 5.74) is 1.65. The molecule has 2 rings (SSSR count). The highest BCUT2D eigenvalue weighted by molar-refractivity contribution is 5.93. The SMILES string of the molecule is CC(C)C[C@H](NC(=O)[C@H](NC(=O)OCc1ccccc1)C(C)C)C(=O)N[C@@H](CCCCNC(=O)OCc1ccccc1)C(=O)O. The van der Waals surface area contributed by atoms with E-state index < -0.39 is 48.1 Å². The van der Waals surface area contributed by atoms with Gasteiger partial charge in [-0.15, -0.1) is 0 Å². The summed E-state index contributed by atoms with van der Waals surface area (Å²) >= 11 is 0. The van der Waals surface area contributed by atoms with Gasteiger partial charge < -0.3 is 35.8 Å². The van der Waals surface area contributed by atoms with Crippen LogP contribution in [-0.2, 0) is 37.1 Å². The van der Waals surface area contributed by atoms with Crippen molar-refractivity contribution in [3.63, 3.8) is 0 Å². The Hall–Kier alpha value is -4.61. The van der Waals surface area contributed by atoms with Crippen molar-refractivity contribution >= 4 is 30.0 Å². The number of unbranched alkanes of at least 4 members (excludes halogenated alkanes) is 1. The number of hydrogen-bond acceptors (Lipinski definition) is 7. The van der Waals surface area contributed by atoms with Gasteiger partial charge in [-0.05, 0) is 48.6 Å². The molecule has 0 spiro atoms. The second-order valence-corrected chi connectivity index (χ2v) is 11.5. The minimum Gasteiger partial charge on any atom is -0.480 e. The predicted molar refractivity (Wildman–Crippen MR) is 168 cm³/mol. The zero-order chi connectivity index (χ0) is 33.2. The normalized spacial score (nSPS) is 12.8. The summed E-state index contributed by atoms with van der Waals surface area (Å²) in [5, 5.41) is 20.2. The number of amides is 4. The van der Waals surface area contributed by atoms with E-state index in [9.17, 15) is 29.1 Å². The molecule has 2 aromatic carbocycles. The van der Waals surface area contributed by atoms with Gasteiger partial charge in [-0.25, -0.2) is 14.4 Å². The molecule has 0 unspecified atom stereocenters. The largest absolute Gasteiger partial charge is 0.480 e. The first-order chi connectivity index (χ1) is 21.5. The number of hydrogen-bond donors (Lipinski definition) is 5. The Labute approximate surface area is 264 Å². The van der Waals surface area contributed by atoms with Crippen LogP contribution < -0.4 is 21.3 Å². The van der Waals surface area contributed by atoms with E-state index in [1.165, 1.54) is 0 Å². The monoisotopic (exact) mass is 626 g/mol. The molecule has 12 heteroatoms. The predicted octanol–water partition coefficient (Wildman–Crippen LogP) is 4.13. The van der Waals surface area contributed by atoms with E-state index >= 15 is 0 Å². The summed E-state index contributed by atoms with van der Waals surface area (Å²) in [6.45, 7) is 7.69. The average Bonchev–Trinajstić information content (AvgIpc) is 3.00. The third kappa shape index (κ3) is 14.6. The lowest BCUT2D eigenvalue weighted by Gasteiger charge is -2.27. The van der Waals surface area contributed by atoms with Crippen LogP contribution in [0.15, 0.2) is 60.7 Å². The van der Waals surface area contributed by atoms with Gasteiger partial charge in [0.1, 0.15) is 31.3 Å². The number of carbonyl (C=O) groups excluding carboxylic acids is 4. The van der Waals surface area contributed by atoms with Crippen molar-refractivity contribution < 1.29 is 38.6 Å². The van der Waals surface area contributed by atoms with E-state index in [4.69, 9.17) is 9.47 Å². The number of alkyl carbamates (subject to hydrolysis) is 2. The number of nitrogens with one attached hydrogen (secondary N) is 4. The molecule has 0 fully saturated rings. The molecule has 0 aliphatic heterocycles. The van der Waals surface area contributed by atoms with E-state index in [1.54, 1.807) is 26.0 Å².